The van der Waals surface area contributed by atoms with Crippen molar-refractivity contribution >= 4 is 18.0 Å². The van der Waals surface area contributed by atoms with Crippen LogP contribution in [0.25, 0.3) is 11.1 Å². The van der Waals surface area contributed by atoms with E-state index < -0.39 is 12.1 Å². The van der Waals surface area contributed by atoms with Gasteiger partial charge in [-0.1, -0.05) is 61.9 Å². The molecular weight excluding hydrogens is 444 g/mol. The summed E-state index contributed by atoms with van der Waals surface area (Å²) in [6, 6.07) is 16.2. The van der Waals surface area contributed by atoms with Crippen LogP contribution in [0.2, 0.25) is 0 Å². The molecule has 7 nitrogen and oxygen atoms in total. The summed E-state index contributed by atoms with van der Waals surface area (Å²) in [7, 11) is 0. The molecule has 2 aliphatic rings. The summed E-state index contributed by atoms with van der Waals surface area (Å²) in [6.45, 7) is 2.20. The molecule has 0 aliphatic heterocycles. The van der Waals surface area contributed by atoms with Crippen LogP contribution in [0.5, 0.6) is 0 Å². The Morgan fingerprint density at radius 1 is 1.03 bits per heavy atom. The van der Waals surface area contributed by atoms with Gasteiger partial charge in [-0.2, -0.15) is 0 Å². The summed E-state index contributed by atoms with van der Waals surface area (Å²) < 4.78 is 5.69. The fourth-order valence-electron chi connectivity index (χ4n) is 5.46. The number of carboxylic acids is 1. The van der Waals surface area contributed by atoms with Gasteiger partial charge in [-0.15, -0.1) is 0 Å². The smallest absolute Gasteiger partial charge is 0.407 e. The first-order chi connectivity index (χ1) is 17.0. The molecule has 0 bridgehead atoms. The SMILES string of the molecule is CCC(CCC(=O)O)NC(=O)C[C@@H]1CCC[C@H]1NC(=O)OCC1c2ccccc2-c2ccccc21. The third-order valence-electron chi connectivity index (χ3n) is 7.32. The molecule has 3 atom stereocenters. The van der Waals surface area contributed by atoms with E-state index in [9.17, 15) is 14.4 Å². The van der Waals surface area contributed by atoms with E-state index in [1.165, 1.54) is 22.3 Å². The monoisotopic (exact) mass is 478 g/mol. The van der Waals surface area contributed by atoms with Gasteiger partial charge in [-0.25, -0.2) is 4.79 Å². The lowest BCUT2D eigenvalue weighted by atomic mass is 9.98. The van der Waals surface area contributed by atoms with E-state index in [1.807, 2.05) is 31.2 Å². The number of ether oxygens (including phenoxy) is 1. The van der Waals surface area contributed by atoms with Gasteiger partial charge in [0.15, 0.2) is 0 Å². The van der Waals surface area contributed by atoms with Gasteiger partial charge < -0.3 is 20.5 Å². The van der Waals surface area contributed by atoms with Crippen molar-refractivity contribution in [3.63, 3.8) is 0 Å². The number of carbonyl (C=O) groups excluding carboxylic acids is 2. The average Bonchev–Trinajstić information content (AvgIpc) is 3.42. The molecule has 1 saturated carbocycles. The van der Waals surface area contributed by atoms with Crippen LogP contribution in [-0.2, 0) is 14.3 Å². The zero-order valence-corrected chi connectivity index (χ0v) is 20.2. The third kappa shape index (κ3) is 6.02. The number of carbonyl (C=O) groups is 3. The van der Waals surface area contributed by atoms with Crippen molar-refractivity contribution in [3.8, 4) is 11.1 Å². The van der Waals surface area contributed by atoms with Gasteiger partial charge in [-0.05, 0) is 53.9 Å². The van der Waals surface area contributed by atoms with Crippen molar-refractivity contribution in [1.29, 1.82) is 0 Å². The highest BCUT2D eigenvalue weighted by Gasteiger charge is 2.32. The molecular formula is C28H34N2O5. The van der Waals surface area contributed by atoms with E-state index >= 15 is 0 Å². The lowest BCUT2D eigenvalue weighted by Crippen LogP contribution is -2.41. The van der Waals surface area contributed by atoms with Gasteiger partial charge in [-0.3, -0.25) is 9.59 Å². The number of hydrogen-bond acceptors (Lipinski definition) is 4. The maximum atomic E-state index is 12.7. The van der Waals surface area contributed by atoms with Gasteiger partial charge in [0.2, 0.25) is 5.91 Å². The summed E-state index contributed by atoms with van der Waals surface area (Å²) in [5.74, 6) is -0.892. The van der Waals surface area contributed by atoms with Crippen LogP contribution < -0.4 is 10.6 Å². The van der Waals surface area contributed by atoms with Crippen LogP contribution in [-0.4, -0.2) is 41.8 Å². The Labute approximate surface area is 206 Å². The highest BCUT2D eigenvalue weighted by atomic mass is 16.5. The molecule has 2 aliphatic carbocycles. The van der Waals surface area contributed by atoms with Crippen molar-refractivity contribution < 1.29 is 24.2 Å². The van der Waals surface area contributed by atoms with Crippen molar-refractivity contribution in [2.24, 2.45) is 5.92 Å². The van der Waals surface area contributed by atoms with Crippen LogP contribution in [0.1, 0.15) is 68.9 Å². The summed E-state index contributed by atoms with van der Waals surface area (Å²) in [6.07, 6.45) is 3.65. The number of hydrogen-bond donors (Lipinski definition) is 3. The Hall–Kier alpha value is -3.35. The molecule has 0 saturated heterocycles. The van der Waals surface area contributed by atoms with E-state index in [1.54, 1.807) is 0 Å². The van der Waals surface area contributed by atoms with Gasteiger partial charge in [0.25, 0.3) is 0 Å². The molecule has 1 fully saturated rings. The van der Waals surface area contributed by atoms with E-state index in [-0.39, 0.29) is 42.9 Å². The predicted octanol–water partition coefficient (Wildman–Crippen LogP) is 4.84. The molecule has 0 heterocycles. The summed E-state index contributed by atoms with van der Waals surface area (Å²) in [5.41, 5.74) is 4.72. The number of carboxylic acid groups (broad SMARTS) is 1. The van der Waals surface area contributed by atoms with Crippen LogP contribution >= 0.6 is 0 Å². The molecule has 4 rings (SSSR count). The molecule has 0 spiro atoms. The second-order valence-corrected chi connectivity index (χ2v) is 9.58. The lowest BCUT2D eigenvalue weighted by molar-refractivity contribution is -0.137. The van der Waals surface area contributed by atoms with E-state index in [0.717, 1.165) is 19.3 Å². The molecule has 0 radical (unpaired) electrons. The molecule has 35 heavy (non-hydrogen) atoms. The average molecular weight is 479 g/mol. The molecule has 3 N–H and O–H groups in total. The summed E-state index contributed by atoms with van der Waals surface area (Å²) in [4.78, 5) is 36.1. The quantitative estimate of drug-likeness (QED) is 0.453. The molecule has 7 heteroatoms. The second-order valence-electron chi connectivity index (χ2n) is 9.58. The fraction of sp³-hybridized carbons (Fsp3) is 0.464. The van der Waals surface area contributed by atoms with Gasteiger partial charge in [0, 0.05) is 30.8 Å². The highest BCUT2D eigenvalue weighted by molar-refractivity contribution is 5.79. The Morgan fingerprint density at radius 3 is 2.31 bits per heavy atom. The molecule has 2 aromatic carbocycles. The zero-order valence-electron chi connectivity index (χ0n) is 20.2. The molecule has 2 amide bonds. The minimum atomic E-state index is -0.860. The van der Waals surface area contributed by atoms with Crippen LogP contribution in [0, 0.1) is 5.92 Å². The van der Waals surface area contributed by atoms with E-state index in [0.29, 0.717) is 19.3 Å². The maximum Gasteiger partial charge on any atom is 0.407 e. The first-order valence-corrected chi connectivity index (χ1v) is 12.6. The molecule has 2 aromatic rings. The minimum absolute atomic E-state index is 0.00934. The van der Waals surface area contributed by atoms with Crippen LogP contribution in [0.3, 0.4) is 0 Å². The Balaban J connectivity index is 1.29. The topological polar surface area (TPSA) is 105 Å². The fourth-order valence-corrected chi connectivity index (χ4v) is 5.46. The minimum Gasteiger partial charge on any atom is -0.481 e. The van der Waals surface area contributed by atoms with Gasteiger partial charge in [0.05, 0.1) is 0 Å². The van der Waals surface area contributed by atoms with E-state index in [4.69, 9.17) is 9.84 Å². The normalized spacial score (nSPS) is 19.5. The largest absolute Gasteiger partial charge is 0.481 e. The number of aliphatic carboxylic acids is 1. The zero-order chi connectivity index (χ0) is 24.8. The standard InChI is InChI=1S/C28H34N2O5/c1-2-19(14-15-27(32)33)29-26(31)16-18-8-7-13-25(18)30-28(34)35-17-24-22-11-5-3-9-20(22)21-10-4-6-12-23(21)24/h3-6,9-12,18-19,24-25H,2,7-8,13-17H2,1H3,(H,29,31)(H,30,34)(H,32,33)/t18-,19?,25+/m0/s1. The first kappa shape index (κ1) is 24.8. The maximum absolute atomic E-state index is 12.7. The van der Waals surface area contributed by atoms with Crippen molar-refractivity contribution in [1.82, 2.24) is 10.6 Å². The van der Waals surface area contributed by atoms with Crippen molar-refractivity contribution in [2.75, 3.05) is 6.61 Å². The number of amides is 2. The third-order valence-corrected chi connectivity index (χ3v) is 7.32. The van der Waals surface area contributed by atoms with Gasteiger partial charge >= 0.3 is 12.1 Å². The number of rotatable bonds is 10. The Morgan fingerprint density at radius 2 is 1.69 bits per heavy atom. The number of nitrogens with one attached hydrogen (secondary N) is 2. The molecule has 1 unspecified atom stereocenters. The number of benzene rings is 2. The Bertz CT molecular complexity index is 1020. The first-order valence-electron chi connectivity index (χ1n) is 12.6. The Kier molecular flexibility index (Phi) is 8.06. The van der Waals surface area contributed by atoms with Crippen LogP contribution in [0.15, 0.2) is 48.5 Å². The summed E-state index contributed by atoms with van der Waals surface area (Å²) >= 11 is 0. The predicted molar refractivity (Wildman–Crippen MR) is 133 cm³/mol. The van der Waals surface area contributed by atoms with E-state index in [2.05, 4.69) is 34.9 Å². The van der Waals surface area contributed by atoms with Crippen molar-refractivity contribution in [3.05, 3.63) is 59.7 Å². The van der Waals surface area contributed by atoms with Crippen LogP contribution in [0.4, 0.5) is 4.79 Å². The number of alkyl carbamates (subject to hydrolysis) is 1. The molecule has 186 valence electrons. The lowest BCUT2D eigenvalue weighted by Gasteiger charge is -2.23. The summed E-state index contributed by atoms with van der Waals surface area (Å²) in [5, 5.41) is 14.8. The highest BCUT2D eigenvalue weighted by Crippen LogP contribution is 2.44. The van der Waals surface area contributed by atoms with Crippen molar-refractivity contribution in [2.45, 2.75) is 69.9 Å². The molecule has 0 aromatic heterocycles. The second kappa shape index (κ2) is 11.4. The number of fused-ring (bicyclic) bond motifs is 3. The van der Waals surface area contributed by atoms with Gasteiger partial charge in [0.1, 0.15) is 6.61 Å².